The van der Waals surface area contributed by atoms with Crippen molar-refractivity contribution in [2.45, 2.75) is 6.04 Å². The van der Waals surface area contributed by atoms with Gasteiger partial charge in [0.05, 0.1) is 17.3 Å². The van der Waals surface area contributed by atoms with Gasteiger partial charge in [0.25, 0.3) is 5.56 Å². The van der Waals surface area contributed by atoms with E-state index >= 15 is 0 Å². The zero-order valence-corrected chi connectivity index (χ0v) is 15.9. The summed E-state index contributed by atoms with van der Waals surface area (Å²) in [6, 6.07) is 11.4. The summed E-state index contributed by atoms with van der Waals surface area (Å²) in [6.07, 6.45) is 1.67. The Bertz CT molecular complexity index is 1280. The average molecular weight is 406 g/mol. The van der Waals surface area contributed by atoms with Gasteiger partial charge in [-0.15, -0.1) is 0 Å². The molecule has 9 nitrogen and oxygen atoms in total. The molecule has 2 aromatic carbocycles. The van der Waals surface area contributed by atoms with Crippen molar-refractivity contribution < 1.29 is 19.4 Å². The standard InChI is InChI=1S/C21H18N4O5/c1-25-15-5-3-2-4-12(15)19(26)18(20(25)27)14-9-13(23-24-21(28)22-14)11-6-7-16-17(8-11)30-10-29-16/h2-9,13,23,26H,10H2,1H3,(H2,22,24,28)/t13-/m1/s1. The van der Waals surface area contributed by atoms with Gasteiger partial charge in [0.2, 0.25) is 6.79 Å². The number of amides is 2. The third kappa shape index (κ3) is 2.83. The number of carbonyl (C=O) groups excluding carboxylic acids is 1. The number of aromatic nitrogens is 1. The molecule has 0 saturated carbocycles. The molecule has 2 aliphatic heterocycles. The van der Waals surface area contributed by atoms with E-state index in [1.807, 2.05) is 6.07 Å². The van der Waals surface area contributed by atoms with Crippen LogP contribution in [0.3, 0.4) is 0 Å². The highest BCUT2D eigenvalue weighted by Crippen LogP contribution is 2.36. The summed E-state index contributed by atoms with van der Waals surface area (Å²) in [4.78, 5) is 25.3. The van der Waals surface area contributed by atoms with Crippen LogP contribution in [0.5, 0.6) is 17.2 Å². The molecule has 2 amide bonds. The number of carbonyl (C=O) groups is 1. The molecule has 152 valence electrons. The number of nitrogens with zero attached hydrogens (tertiary/aromatic N) is 1. The Morgan fingerprint density at radius 2 is 1.90 bits per heavy atom. The molecule has 9 heteroatoms. The molecule has 30 heavy (non-hydrogen) atoms. The summed E-state index contributed by atoms with van der Waals surface area (Å²) < 4.78 is 12.2. The fourth-order valence-corrected chi connectivity index (χ4v) is 3.70. The van der Waals surface area contributed by atoms with E-state index in [9.17, 15) is 14.7 Å². The van der Waals surface area contributed by atoms with E-state index in [0.717, 1.165) is 5.56 Å². The predicted molar refractivity (Wildman–Crippen MR) is 109 cm³/mol. The van der Waals surface area contributed by atoms with Crippen molar-refractivity contribution >= 4 is 22.6 Å². The first-order chi connectivity index (χ1) is 14.5. The van der Waals surface area contributed by atoms with Gasteiger partial charge in [0.1, 0.15) is 11.3 Å². The van der Waals surface area contributed by atoms with E-state index in [2.05, 4.69) is 16.2 Å². The van der Waals surface area contributed by atoms with Gasteiger partial charge >= 0.3 is 6.03 Å². The number of aryl methyl sites for hydroxylation is 1. The number of rotatable bonds is 2. The highest BCUT2D eigenvalue weighted by Gasteiger charge is 2.25. The number of fused-ring (bicyclic) bond motifs is 2. The van der Waals surface area contributed by atoms with Crippen LogP contribution in [0.4, 0.5) is 4.79 Å². The number of urea groups is 1. The molecule has 1 atom stereocenters. The first kappa shape index (κ1) is 18.1. The topological polar surface area (TPSA) is 114 Å². The van der Waals surface area contributed by atoms with Crippen molar-refractivity contribution in [1.82, 2.24) is 20.7 Å². The minimum atomic E-state index is -0.556. The smallest absolute Gasteiger partial charge is 0.333 e. The van der Waals surface area contributed by atoms with Crippen molar-refractivity contribution in [3.05, 3.63) is 70.0 Å². The number of aromatic hydroxyl groups is 1. The second-order valence-corrected chi connectivity index (χ2v) is 7.00. The number of para-hydroxylation sites is 1. The maximum atomic E-state index is 13.1. The Morgan fingerprint density at radius 3 is 2.77 bits per heavy atom. The minimum Gasteiger partial charge on any atom is -0.506 e. The summed E-state index contributed by atoms with van der Waals surface area (Å²) in [5.41, 5.74) is 6.59. The van der Waals surface area contributed by atoms with E-state index in [1.165, 1.54) is 4.57 Å². The van der Waals surface area contributed by atoms with Crippen LogP contribution in [0.25, 0.3) is 16.6 Å². The first-order valence-corrected chi connectivity index (χ1v) is 9.28. The average Bonchev–Trinajstić information content (AvgIpc) is 3.14. The lowest BCUT2D eigenvalue weighted by Gasteiger charge is -2.15. The number of benzene rings is 2. The fourth-order valence-electron chi connectivity index (χ4n) is 3.70. The molecule has 2 aliphatic rings. The van der Waals surface area contributed by atoms with Crippen molar-refractivity contribution in [2.24, 2.45) is 7.05 Å². The van der Waals surface area contributed by atoms with Gasteiger partial charge in [-0.1, -0.05) is 18.2 Å². The van der Waals surface area contributed by atoms with Crippen molar-refractivity contribution in [1.29, 1.82) is 0 Å². The Hall–Kier alpha value is -3.98. The molecule has 0 spiro atoms. The van der Waals surface area contributed by atoms with Crippen LogP contribution in [-0.2, 0) is 7.05 Å². The molecule has 3 heterocycles. The van der Waals surface area contributed by atoms with Gasteiger partial charge in [-0.3, -0.25) is 10.2 Å². The van der Waals surface area contributed by atoms with Gasteiger partial charge in [-0.2, -0.15) is 0 Å². The van der Waals surface area contributed by atoms with Crippen LogP contribution in [0, 0.1) is 0 Å². The number of hydrazine groups is 1. The van der Waals surface area contributed by atoms with E-state index in [4.69, 9.17) is 9.47 Å². The number of nitrogens with one attached hydrogen (secondary N) is 3. The maximum absolute atomic E-state index is 13.1. The molecular weight excluding hydrogens is 388 g/mol. The molecule has 5 rings (SSSR count). The summed E-state index contributed by atoms with van der Waals surface area (Å²) in [6.45, 7) is 0.150. The van der Waals surface area contributed by atoms with Crippen molar-refractivity contribution in [3.63, 3.8) is 0 Å². The molecule has 0 unspecified atom stereocenters. The molecule has 0 aliphatic carbocycles. The zero-order valence-electron chi connectivity index (χ0n) is 15.9. The monoisotopic (exact) mass is 406 g/mol. The SMILES string of the molecule is Cn1c(=O)c(C2=C[C@H](c3ccc4c(c3)OCO4)NNC(=O)N2)c(O)c2ccccc21. The summed E-state index contributed by atoms with van der Waals surface area (Å²) in [7, 11) is 1.62. The molecule has 0 fully saturated rings. The number of ether oxygens (including phenoxy) is 2. The lowest BCUT2D eigenvalue weighted by molar-refractivity contribution is 0.174. The Morgan fingerprint density at radius 1 is 1.10 bits per heavy atom. The molecular formula is C21H18N4O5. The van der Waals surface area contributed by atoms with Crippen LogP contribution < -0.4 is 31.2 Å². The van der Waals surface area contributed by atoms with Crippen molar-refractivity contribution in [3.8, 4) is 17.2 Å². The quantitative estimate of drug-likeness (QED) is 0.517. The molecule has 1 aromatic heterocycles. The van der Waals surface area contributed by atoms with E-state index in [-0.39, 0.29) is 23.8 Å². The van der Waals surface area contributed by atoms with Crippen LogP contribution >= 0.6 is 0 Å². The number of hydrogen-bond donors (Lipinski definition) is 4. The molecule has 0 radical (unpaired) electrons. The second kappa shape index (κ2) is 6.82. The third-order valence-electron chi connectivity index (χ3n) is 5.22. The van der Waals surface area contributed by atoms with E-state index in [0.29, 0.717) is 22.4 Å². The summed E-state index contributed by atoms with van der Waals surface area (Å²) >= 11 is 0. The second-order valence-electron chi connectivity index (χ2n) is 7.00. The Kier molecular flexibility index (Phi) is 4.11. The number of pyridine rings is 1. The summed E-state index contributed by atoms with van der Waals surface area (Å²) in [5, 5.41) is 14.0. The van der Waals surface area contributed by atoms with E-state index < -0.39 is 17.6 Å². The zero-order chi connectivity index (χ0) is 20.8. The van der Waals surface area contributed by atoms with Crippen molar-refractivity contribution in [2.75, 3.05) is 6.79 Å². The van der Waals surface area contributed by atoms with Crippen LogP contribution in [0.1, 0.15) is 17.2 Å². The molecule has 4 N–H and O–H groups in total. The van der Waals surface area contributed by atoms with Crippen LogP contribution in [-0.4, -0.2) is 22.5 Å². The van der Waals surface area contributed by atoms with Gasteiger partial charge in [-0.05, 0) is 35.9 Å². The van der Waals surface area contributed by atoms with E-state index in [1.54, 1.807) is 49.5 Å². The van der Waals surface area contributed by atoms with Crippen LogP contribution in [0.15, 0.2) is 53.3 Å². The van der Waals surface area contributed by atoms with Crippen LogP contribution in [0.2, 0.25) is 0 Å². The lowest BCUT2D eigenvalue weighted by atomic mass is 10.0. The minimum absolute atomic E-state index is 0.0146. The molecule has 0 saturated heterocycles. The molecule has 0 bridgehead atoms. The highest BCUT2D eigenvalue weighted by atomic mass is 16.7. The highest BCUT2D eigenvalue weighted by molar-refractivity contribution is 5.94. The van der Waals surface area contributed by atoms with Gasteiger partial charge in [-0.25, -0.2) is 10.2 Å². The Balaban J connectivity index is 1.67. The lowest BCUT2D eigenvalue weighted by Crippen LogP contribution is -2.42. The predicted octanol–water partition coefficient (Wildman–Crippen LogP) is 1.87. The molecule has 3 aromatic rings. The largest absolute Gasteiger partial charge is 0.506 e. The van der Waals surface area contributed by atoms with Gasteiger partial charge < -0.3 is 24.5 Å². The first-order valence-electron chi connectivity index (χ1n) is 9.28. The third-order valence-corrected chi connectivity index (χ3v) is 5.22. The van der Waals surface area contributed by atoms with Gasteiger partial charge in [0.15, 0.2) is 11.5 Å². The normalized spacial score (nSPS) is 17.8. The summed E-state index contributed by atoms with van der Waals surface area (Å²) in [5.74, 6) is 1.05. The fraction of sp³-hybridized carbons (Fsp3) is 0.143. The Labute approximate surface area is 170 Å². The maximum Gasteiger partial charge on any atom is 0.333 e. The van der Waals surface area contributed by atoms with Gasteiger partial charge in [0, 0.05) is 12.4 Å². The number of hydrogen-bond acceptors (Lipinski definition) is 6.